The lowest BCUT2D eigenvalue weighted by Crippen LogP contribution is -2.02. The number of benzene rings is 2. The van der Waals surface area contributed by atoms with E-state index in [1.165, 1.54) is 88.2 Å². The molecule has 2 aromatic carbocycles. The Balaban J connectivity index is 1.97. The van der Waals surface area contributed by atoms with Crippen LogP contribution in [-0.4, -0.2) is 4.21 Å². The molecular weight excluding hydrogens is 384 g/mol. The van der Waals surface area contributed by atoms with Gasteiger partial charge in [0, 0.05) is 9.79 Å². The van der Waals surface area contributed by atoms with Crippen molar-refractivity contribution in [3.8, 4) is 0 Å². The summed E-state index contributed by atoms with van der Waals surface area (Å²) in [6, 6.07) is 16.8. The first kappa shape index (κ1) is 24.9. The fraction of sp³-hybridized carbons (Fsp3) is 0.571. The maximum Gasteiger partial charge on any atom is 0.0855 e. The Morgan fingerprint density at radius 3 is 1.33 bits per heavy atom. The summed E-state index contributed by atoms with van der Waals surface area (Å²) < 4.78 is 13.5. The minimum Gasteiger partial charge on any atom is -0.249 e. The molecule has 0 aromatic heterocycles. The van der Waals surface area contributed by atoms with E-state index >= 15 is 0 Å². The van der Waals surface area contributed by atoms with Crippen LogP contribution in [0.15, 0.2) is 58.3 Å². The highest BCUT2D eigenvalue weighted by molar-refractivity contribution is 7.85. The molecule has 0 bridgehead atoms. The fourth-order valence-corrected chi connectivity index (χ4v) is 5.55. The van der Waals surface area contributed by atoms with Crippen molar-refractivity contribution in [2.24, 2.45) is 0 Å². The van der Waals surface area contributed by atoms with Crippen LogP contribution in [0.3, 0.4) is 0 Å². The molecule has 0 aliphatic carbocycles. The molecule has 0 heterocycles. The Bertz CT molecular complexity index is 675. The van der Waals surface area contributed by atoms with Gasteiger partial charge in [-0.05, 0) is 48.9 Å². The normalized spacial score (nSPS) is 11.3. The predicted octanol–water partition coefficient (Wildman–Crippen LogP) is 8.66. The third-order valence-corrected chi connectivity index (χ3v) is 7.54. The molecule has 0 amide bonds. The quantitative estimate of drug-likeness (QED) is 0.245. The van der Waals surface area contributed by atoms with Gasteiger partial charge < -0.3 is 0 Å². The molecule has 0 unspecified atom stereocenters. The summed E-state index contributed by atoms with van der Waals surface area (Å²) in [7, 11) is -1.09. The van der Waals surface area contributed by atoms with Gasteiger partial charge in [-0.15, -0.1) is 0 Å². The van der Waals surface area contributed by atoms with Gasteiger partial charge >= 0.3 is 0 Å². The lowest BCUT2D eigenvalue weighted by Gasteiger charge is -2.13. The van der Waals surface area contributed by atoms with E-state index in [0.29, 0.717) is 0 Å². The fourth-order valence-electron chi connectivity index (χ4n) is 4.09. The number of aryl methyl sites for hydroxylation is 2. The van der Waals surface area contributed by atoms with Crippen LogP contribution in [0, 0.1) is 0 Å². The van der Waals surface area contributed by atoms with Crippen LogP contribution in [0.4, 0.5) is 0 Å². The van der Waals surface area contributed by atoms with Gasteiger partial charge in [-0.1, -0.05) is 114 Å². The SMILES string of the molecule is CCCCCCCCc1ccccc1S(=O)c1ccccc1CCCCCCCC. The maximum absolute atomic E-state index is 13.5. The Morgan fingerprint density at radius 1 is 0.533 bits per heavy atom. The van der Waals surface area contributed by atoms with Gasteiger partial charge in [-0.2, -0.15) is 0 Å². The monoisotopic (exact) mass is 426 g/mol. The Labute approximate surface area is 188 Å². The molecule has 0 fully saturated rings. The summed E-state index contributed by atoms with van der Waals surface area (Å²) >= 11 is 0. The average Bonchev–Trinajstić information content (AvgIpc) is 2.78. The first-order valence-electron chi connectivity index (χ1n) is 12.4. The van der Waals surface area contributed by atoms with E-state index in [4.69, 9.17) is 0 Å². The molecule has 0 spiro atoms. The number of hydrogen-bond acceptors (Lipinski definition) is 1. The largest absolute Gasteiger partial charge is 0.249 e. The molecule has 2 rings (SSSR count). The molecule has 30 heavy (non-hydrogen) atoms. The van der Waals surface area contributed by atoms with Crippen molar-refractivity contribution in [3.05, 3.63) is 59.7 Å². The van der Waals surface area contributed by atoms with Gasteiger partial charge in [-0.3, -0.25) is 0 Å². The summed E-state index contributed by atoms with van der Waals surface area (Å²) in [4.78, 5) is 2.03. The minimum absolute atomic E-state index is 1.02. The summed E-state index contributed by atoms with van der Waals surface area (Å²) in [5, 5.41) is 0. The molecule has 0 saturated carbocycles. The molecule has 166 valence electrons. The van der Waals surface area contributed by atoms with Gasteiger partial charge in [0.15, 0.2) is 0 Å². The predicted molar refractivity (Wildman–Crippen MR) is 132 cm³/mol. The van der Waals surface area contributed by atoms with E-state index in [-0.39, 0.29) is 0 Å². The third-order valence-electron chi connectivity index (χ3n) is 5.94. The lowest BCUT2D eigenvalue weighted by atomic mass is 10.0. The zero-order chi connectivity index (χ0) is 21.4. The van der Waals surface area contributed by atoms with E-state index in [1.807, 2.05) is 12.1 Å². The summed E-state index contributed by atoms with van der Waals surface area (Å²) in [6.45, 7) is 4.52. The molecule has 0 aliphatic heterocycles. The summed E-state index contributed by atoms with van der Waals surface area (Å²) in [5.74, 6) is 0. The molecule has 2 aromatic rings. The van der Waals surface area contributed by atoms with Crippen molar-refractivity contribution in [1.29, 1.82) is 0 Å². The lowest BCUT2D eigenvalue weighted by molar-refractivity contribution is 0.604. The molecular formula is C28H42OS. The van der Waals surface area contributed by atoms with Gasteiger partial charge in [0.05, 0.1) is 10.8 Å². The van der Waals surface area contributed by atoms with E-state index in [9.17, 15) is 4.21 Å². The second-order valence-electron chi connectivity index (χ2n) is 8.52. The molecule has 0 atom stereocenters. The van der Waals surface area contributed by atoms with Crippen molar-refractivity contribution < 1.29 is 4.21 Å². The highest BCUT2D eigenvalue weighted by atomic mass is 32.2. The number of unbranched alkanes of at least 4 members (excludes halogenated alkanes) is 10. The Hall–Kier alpha value is -1.41. The van der Waals surface area contributed by atoms with Crippen LogP contribution in [0.2, 0.25) is 0 Å². The zero-order valence-corrected chi connectivity index (χ0v) is 20.2. The average molecular weight is 427 g/mol. The van der Waals surface area contributed by atoms with E-state index in [1.54, 1.807) is 0 Å². The second-order valence-corrected chi connectivity index (χ2v) is 9.94. The Kier molecular flexibility index (Phi) is 12.8. The van der Waals surface area contributed by atoms with E-state index in [2.05, 4.69) is 50.2 Å². The first-order valence-corrected chi connectivity index (χ1v) is 13.5. The van der Waals surface area contributed by atoms with Gasteiger partial charge in [0.25, 0.3) is 0 Å². The highest BCUT2D eigenvalue weighted by Crippen LogP contribution is 2.26. The van der Waals surface area contributed by atoms with Gasteiger partial charge in [0.1, 0.15) is 0 Å². The molecule has 1 nitrogen and oxygen atoms in total. The molecule has 0 N–H and O–H groups in total. The van der Waals surface area contributed by atoms with Crippen molar-refractivity contribution in [1.82, 2.24) is 0 Å². The van der Waals surface area contributed by atoms with E-state index < -0.39 is 10.8 Å². The Morgan fingerprint density at radius 2 is 0.900 bits per heavy atom. The van der Waals surface area contributed by atoms with Crippen molar-refractivity contribution in [2.45, 2.75) is 114 Å². The van der Waals surface area contributed by atoms with Gasteiger partial charge in [-0.25, -0.2) is 4.21 Å². The molecule has 0 aliphatic rings. The number of hydrogen-bond donors (Lipinski definition) is 0. The first-order chi connectivity index (χ1) is 14.8. The topological polar surface area (TPSA) is 17.1 Å². The second kappa shape index (κ2) is 15.4. The molecule has 0 radical (unpaired) electrons. The van der Waals surface area contributed by atoms with Crippen LogP contribution in [0.1, 0.15) is 102 Å². The van der Waals surface area contributed by atoms with Crippen LogP contribution in [0.25, 0.3) is 0 Å². The van der Waals surface area contributed by atoms with E-state index in [0.717, 1.165) is 22.6 Å². The standard InChI is InChI=1S/C28H42OS/c1-3-5-7-9-11-13-19-25-21-15-17-23-27(25)30(29)28-24-18-16-22-26(28)20-14-12-10-8-6-4-2/h15-18,21-24H,3-14,19-20H2,1-2H3. The van der Waals surface area contributed by atoms with Crippen molar-refractivity contribution in [2.75, 3.05) is 0 Å². The van der Waals surface area contributed by atoms with Crippen molar-refractivity contribution >= 4 is 10.8 Å². The molecule has 2 heteroatoms. The van der Waals surface area contributed by atoms with Gasteiger partial charge in [0.2, 0.25) is 0 Å². The third kappa shape index (κ3) is 8.76. The maximum atomic E-state index is 13.5. The number of rotatable bonds is 16. The summed E-state index contributed by atoms with van der Waals surface area (Å²) in [6.07, 6.45) is 17.6. The highest BCUT2D eigenvalue weighted by Gasteiger charge is 2.15. The molecule has 0 saturated heterocycles. The van der Waals surface area contributed by atoms with Crippen LogP contribution < -0.4 is 0 Å². The smallest absolute Gasteiger partial charge is 0.0855 e. The van der Waals surface area contributed by atoms with Crippen LogP contribution >= 0.6 is 0 Å². The summed E-state index contributed by atoms with van der Waals surface area (Å²) in [5.41, 5.74) is 2.53. The van der Waals surface area contributed by atoms with Crippen LogP contribution in [-0.2, 0) is 23.6 Å². The minimum atomic E-state index is -1.09. The zero-order valence-electron chi connectivity index (χ0n) is 19.3. The van der Waals surface area contributed by atoms with Crippen LogP contribution in [0.5, 0.6) is 0 Å². The van der Waals surface area contributed by atoms with Crippen molar-refractivity contribution in [3.63, 3.8) is 0 Å².